The lowest BCUT2D eigenvalue weighted by molar-refractivity contribution is -0.142. The number of aromatic nitrogens is 1. The van der Waals surface area contributed by atoms with Crippen LogP contribution in [0.5, 0.6) is 0 Å². The Bertz CT molecular complexity index is 516. The fourth-order valence-electron chi connectivity index (χ4n) is 3.33. The van der Waals surface area contributed by atoms with Crippen molar-refractivity contribution in [2.75, 3.05) is 6.54 Å². The summed E-state index contributed by atoms with van der Waals surface area (Å²) in [7, 11) is 0. The summed E-state index contributed by atoms with van der Waals surface area (Å²) in [6.45, 7) is 6.93. The molecule has 2 rings (SSSR count). The van der Waals surface area contributed by atoms with Gasteiger partial charge in [-0.2, -0.15) is 0 Å². The SMILES string of the molecule is CC(=O)N1CCCC1(CCn1c(C)ccc1C)C(N)=O. The molecule has 0 spiro atoms. The van der Waals surface area contributed by atoms with Crippen LogP contribution in [0.2, 0.25) is 0 Å². The molecule has 1 atom stereocenters. The van der Waals surface area contributed by atoms with Crippen LogP contribution >= 0.6 is 0 Å². The van der Waals surface area contributed by atoms with Crippen molar-refractivity contribution in [3.8, 4) is 0 Å². The van der Waals surface area contributed by atoms with Crippen LogP contribution < -0.4 is 5.73 Å². The number of nitrogens with zero attached hydrogens (tertiary/aromatic N) is 2. The van der Waals surface area contributed by atoms with Crippen LogP contribution in [0.1, 0.15) is 37.6 Å². The third-order valence-corrected chi connectivity index (χ3v) is 4.49. The van der Waals surface area contributed by atoms with Gasteiger partial charge in [-0.05, 0) is 45.2 Å². The lowest BCUT2D eigenvalue weighted by Crippen LogP contribution is -2.56. The van der Waals surface area contributed by atoms with Crippen molar-refractivity contribution in [1.82, 2.24) is 9.47 Å². The maximum Gasteiger partial charge on any atom is 0.243 e. The van der Waals surface area contributed by atoms with Gasteiger partial charge in [0.05, 0.1) is 0 Å². The molecule has 5 nitrogen and oxygen atoms in total. The summed E-state index contributed by atoms with van der Waals surface area (Å²) in [5.74, 6) is -0.449. The zero-order chi connectivity index (χ0) is 14.9. The van der Waals surface area contributed by atoms with Crippen molar-refractivity contribution in [1.29, 1.82) is 0 Å². The van der Waals surface area contributed by atoms with Gasteiger partial charge in [-0.15, -0.1) is 0 Å². The molecule has 1 aromatic heterocycles. The van der Waals surface area contributed by atoms with E-state index >= 15 is 0 Å². The molecule has 2 amide bonds. The van der Waals surface area contributed by atoms with E-state index in [1.165, 1.54) is 6.92 Å². The minimum atomic E-state index is -0.811. The molecule has 1 saturated heterocycles. The van der Waals surface area contributed by atoms with Crippen LogP contribution in [0.15, 0.2) is 12.1 Å². The van der Waals surface area contributed by atoms with E-state index in [2.05, 4.69) is 16.7 Å². The largest absolute Gasteiger partial charge is 0.368 e. The van der Waals surface area contributed by atoms with Crippen LogP contribution in [-0.4, -0.2) is 33.4 Å². The van der Waals surface area contributed by atoms with Crippen molar-refractivity contribution in [2.45, 2.75) is 52.1 Å². The van der Waals surface area contributed by atoms with Crippen molar-refractivity contribution in [2.24, 2.45) is 5.73 Å². The van der Waals surface area contributed by atoms with E-state index in [4.69, 9.17) is 5.73 Å². The molecule has 2 N–H and O–H groups in total. The maximum absolute atomic E-state index is 12.0. The highest BCUT2D eigenvalue weighted by Crippen LogP contribution is 2.33. The van der Waals surface area contributed by atoms with Gasteiger partial charge in [-0.25, -0.2) is 0 Å². The minimum Gasteiger partial charge on any atom is -0.368 e. The molecule has 1 unspecified atom stereocenters. The number of hydrogen-bond donors (Lipinski definition) is 1. The highest BCUT2D eigenvalue weighted by atomic mass is 16.2. The van der Waals surface area contributed by atoms with Gasteiger partial charge in [0.25, 0.3) is 0 Å². The molecule has 20 heavy (non-hydrogen) atoms. The number of likely N-dealkylation sites (tertiary alicyclic amines) is 1. The zero-order valence-corrected chi connectivity index (χ0v) is 12.5. The highest BCUT2D eigenvalue weighted by Gasteiger charge is 2.47. The van der Waals surface area contributed by atoms with Gasteiger partial charge < -0.3 is 15.2 Å². The Labute approximate surface area is 119 Å². The fraction of sp³-hybridized carbons (Fsp3) is 0.600. The van der Waals surface area contributed by atoms with Gasteiger partial charge in [0.1, 0.15) is 5.54 Å². The number of carbonyl (C=O) groups is 2. The first kappa shape index (κ1) is 14.6. The maximum atomic E-state index is 12.0. The third-order valence-electron chi connectivity index (χ3n) is 4.49. The predicted molar refractivity (Wildman–Crippen MR) is 77.1 cm³/mol. The van der Waals surface area contributed by atoms with Gasteiger partial charge in [-0.1, -0.05) is 0 Å². The van der Waals surface area contributed by atoms with E-state index in [-0.39, 0.29) is 11.8 Å². The summed E-state index contributed by atoms with van der Waals surface area (Å²) in [5.41, 5.74) is 7.15. The Morgan fingerprint density at radius 2 is 1.90 bits per heavy atom. The molecule has 0 saturated carbocycles. The second kappa shape index (κ2) is 5.31. The summed E-state index contributed by atoms with van der Waals surface area (Å²) in [5, 5.41) is 0. The smallest absolute Gasteiger partial charge is 0.243 e. The van der Waals surface area contributed by atoms with Gasteiger partial charge in [-0.3, -0.25) is 9.59 Å². The Balaban J connectivity index is 2.23. The first-order chi connectivity index (χ1) is 9.38. The zero-order valence-electron chi connectivity index (χ0n) is 12.5. The van der Waals surface area contributed by atoms with Gasteiger partial charge >= 0.3 is 0 Å². The first-order valence-corrected chi connectivity index (χ1v) is 7.09. The van der Waals surface area contributed by atoms with Crippen molar-refractivity contribution in [3.05, 3.63) is 23.5 Å². The summed E-state index contributed by atoms with van der Waals surface area (Å²) in [6.07, 6.45) is 2.09. The van der Waals surface area contributed by atoms with Gasteiger partial charge in [0, 0.05) is 31.4 Å². The van der Waals surface area contributed by atoms with E-state index in [1.54, 1.807) is 4.90 Å². The van der Waals surface area contributed by atoms with E-state index in [0.717, 1.165) is 17.8 Å². The number of hydrogen-bond acceptors (Lipinski definition) is 2. The molecule has 0 radical (unpaired) electrons. The highest BCUT2D eigenvalue weighted by molar-refractivity contribution is 5.90. The lowest BCUT2D eigenvalue weighted by atomic mass is 9.90. The van der Waals surface area contributed by atoms with E-state index < -0.39 is 5.54 Å². The normalized spacial score (nSPS) is 22.2. The standard InChI is InChI=1S/C15H23N3O2/c1-11-5-6-12(2)17(11)10-8-15(14(16)20)7-4-9-18(15)13(3)19/h5-6H,4,7-10H2,1-3H3,(H2,16,20). The predicted octanol–water partition coefficient (Wildman–Crippen LogP) is 1.36. The number of rotatable bonds is 4. The molecule has 1 aliphatic rings. The minimum absolute atomic E-state index is 0.0674. The molecule has 0 bridgehead atoms. The summed E-state index contributed by atoms with van der Waals surface area (Å²) < 4.78 is 2.17. The molecular formula is C15H23N3O2. The number of amides is 2. The summed E-state index contributed by atoms with van der Waals surface area (Å²) >= 11 is 0. The number of aryl methyl sites for hydroxylation is 2. The van der Waals surface area contributed by atoms with Gasteiger partial charge in [0.2, 0.25) is 11.8 Å². The monoisotopic (exact) mass is 277 g/mol. The molecule has 0 aliphatic carbocycles. The van der Waals surface area contributed by atoms with Crippen LogP contribution in [-0.2, 0) is 16.1 Å². The molecule has 0 aromatic carbocycles. The van der Waals surface area contributed by atoms with Crippen molar-refractivity contribution < 1.29 is 9.59 Å². The Morgan fingerprint density at radius 3 is 2.40 bits per heavy atom. The Hall–Kier alpha value is -1.78. The molecule has 1 aliphatic heterocycles. The number of nitrogens with two attached hydrogens (primary N) is 1. The van der Waals surface area contributed by atoms with E-state index in [1.807, 2.05) is 13.8 Å². The topological polar surface area (TPSA) is 68.3 Å². The van der Waals surface area contributed by atoms with Crippen LogP contribution in [0, 0.1) is 13.8 Å². The first-order valence-electron chi connectivity index (χ1n) is 7.09. The second-order valence-electron chi connectivity index (χ2n) is 5.69. The molecule has 2 heterocycles. The van der Waals surface area contributed by atoms with Crippen molar-refractivity contribution in [3.63, 3.8) is 0 Å². The lowest BCUT2D eigenvalue weighted by Gasteiger charge is -2.35. The quantitative estimate of drug-likeness (QED) is 0.903. The average Bonchev–Trinajstić information content (AvgIpc) is 2.93. The molecule has 110 valence electrons. The van der Waals surface area contributed by atoms with Crippen LogP contribution in [0.4, 0.5) is 0 Å². The summed E-state index contributed by atoms with van der Waals surface area (Å²) in [4.78, 5) is 25.4. The Kier molecular flexibility index (Phi) is 3.88. The van der Waals surface area contributed by atoms with Gasteiger partial charge in [0.15, 0.2) is 0 Å². The summed E-state index contributed by atoms with van der Waals surface area (Å²) in [6, 6.07) is 4.12. The second-order valence-corrected chi connectivity index (χ2v) is 5.69. The fourth-order valence-corrected chi connectivity index (χ4v) is 3.33. The number of carbonyl (C=O) groups excluding carboxylic acids is 2. The third kappa shape index (κ3) is 2.32. The molecule has 1 fully saturated rings. The number of primary amides is 1. The molecular weight excluding hydrogens is 254 g/mol. The average molecular weight is 277 g/mol. The van der Waals surface area contributed by atoms with Crippen LogP contribution in [0.25, 0.3) is 0 Å². The van der Waals surface area contributed by atoms with Crippen LogP contribution in [0.3, 0.4) is 0 Å². The molecule has 5 heteroatoms. The Morgan fingerprint density at radius 1 is 1.30 bits per heavy atom. The van der Waals surface area contributed by atoms with E-state index in [9.17, 15) is 9.59 Å². The van der Waals surface area contributed by atoms with E-state index in [0.29, 0.717) is 25.9 Å². The molecule has 1 aromatic rings. The van der Waals surface area contributed by atoms with Crippen molar-refractivity contribution >= 4 is 11.8 Å².